The smallest absolute Gasteiger partial charge is 0.328 e. The number of carboxylic acid groups (broad SMARTS) is 1. The SMILES string of the molecule is CC(=O)OC(C)CCCC=CCC(O)C=CC=CC(=O)O. The number of carbonyl (C=O) groups is 2. The summed E-state index contributed by atoms with van der Waals surface area (Å²) in [5.41, 5.74) is 0. The lowest BCUT2D eigenvalue weighted by molar-refractivity contribution is -0.145. The topological polar surface area (TPSA) is 83.8 Å². The fraction of sp³-hybridized carbons (Fsp3) is 0.500. The number of unbranched alkanes of at least 4 members (excludes halogenated alkanes) is 1. The van der Waals surface area contributed by atoms with Crippen molar-refractivity contribution in [1.82, 2.24) is 0 Å². The second-order valence-electron chi connectivity index (χ2n) is 4.71. The lowest BCUT2D eigenvalue weighted by atomic mass is 10.1. The van der Waals surface area contributed by atoms with Crippen molar-refractivity contribution in [3.05, 3.63) is 36.5 Å². The van der Waals surface area contributed by atoms with Crippen molar-refractivity contribution in [3.8, 4) is 0 Å². The van der Waals surface area contributed by atoms with Crippen molar-refractivity contribution < 1.29 is 24.5 Å². The zero-order valence-electron chi connectivity index (χ0n) is 12.6. The van der Waals surface area contributed by atoms with E-state index >= 15 is 0 Å². The van der Waals surface area contributed by atoms with Crippen LogP contribution in [0, 0.1) is 0 Å². The number of hydrogen-bond donors (Lipinski definition) is 2. The average Bonchev–Trinajstić information content (AvgIpc) is 2.37. The zero-order valence-corrected chi connectivity index (χ0v) is 12.6. The summed E-state index contributed by atoms with van der Waals surface area (Å²) in [6, 6.07) is 0. The van der Waals surface area contributed by atoms with Crippen LogP contribution in [0.1, 0.15) is 39.5 Å². The first-order chi connectivity index (χ1) is 9.91. The molecule has 5 nitrogen and oxygen atoms in total. The minimum Gasteiger partial charge on any atom is -0.478 e. The van der Waals surface area contributed by atoms with E-state index in [1.807, 2.05) is 19.1 Å². The number of hydrogen-bond acceptors (Lipinski definition) is 4. The molecule has 0 aromatic heterocycles. The molecule has 0 fully saturated rings. The molecule has 0 radical (unpaired) electrons. The minimum absolute atomic E-state index is 0.0644. The Morgan fingerprint density at radius 3 is 2.57 bits per heavy atom. The van der Waals surface area contributed by atoms with E-state index in [1.165, 1.54) is 25.2 Å². The molecule has 5 heteroatoms. The van der Waals surface area contributed by atoms with Gasteiger partial charge in [-0.05, 0) is 32.6 Å². The largest absolute Gasteiger partial charge is 0.478 e. The number of allylic oxidation sites excluding steroid dienone is 3. The number of aliphatic hydroxyl groups is 1. The number of carbonyl (C=O) groups excluding carboxylic acids is 1. The van der Waals surface area contributed by atoms with Crippen LogP contribution in [-0.4, -0.2) is 34.4 Å². The third kappa shape index (κ3) is 14.3. The summed E-state index contributed by atoms with van der Waals surface area (Å²) in [6.45, 7) is 3.27. The summed E-state index contributed by atoms with van der Waals surface area (Å²) < 4.78 is 5.01. The highest BCUT2D eigenvalue weighted by molar-refractivity contribution is 5.80. The van der Waals surface area contributed by atoms with Crippen molar-refractivity contribution in [2.24, 2.45) is 0 Å². The van der Waals surface area contributed by atoms with Crippen LogP contribution >= 0.6 is 0 Å². The molecule has 0 saturated carbocycles. The standard InChI is InChI=1S/C16H24O5/c1-13(21-14(2)17)9-5-3-4-6-10-15(18)11-7-8-12-16(19)20/h4,6-8,11-13,15,18H,3,5,9-10H2,1-2H3,(H,19,20). The predicted molar refractivity (Wildman–Crippen MR) is 80.8 cm³/mol. The van der Waals surface area contributed by atoms with Gasteiger partial charge in [-0.3, -0.25) is 4.79 Å². The molecular weight excluding hydrogens is 272 g/mol. The quantitative estimate of drug-likeness (QED) is 0.213. The number of carboxylic acids is 1. The van der Waals surface area contributed by atoms with Crippen LogP contribution in [0.15, 0.2) is 36.5 Å². The molecule has 2 N–H and O–H groups in total. The third-order valence-corrected chi connectivity index (χ3v) is 2.58. The van der Waals surface area contributed by atoms with Gasteiger partial charge in [-0.25, -0.2) is 4.79 Å². The summed E-state index contributed by atoms with van der Waals surface area (Å²) in [7, 11) is 0. The molecule has 0 bridgehead atoms. The summed E-state index contributed by atoms with van der Waals surface area (Å²) in [5, 5.41) is 17.9. The lowest BCUT2D eigenvalue weighted by Crippen LogP contribution is -2.11. The maximum absolute atomic E-state index is 10.7. The molecular formula is C16H24O5. The lowest BCUT2D eigenvalue weighted by Gasteiger charge is -2.10. The van der Waals surface area contributed by atoms with Gasteiger partial charge in [-0.1, -0.05) is 30.4 Å². The molecule has 0 rings (SSSR count). The molecule has 0 amide bonds. The second-order valence-corrected chi connectivity index (χ2v) is 4.71. The van der Waals surface area contributed by atoms with Crippen molar-refractivity contribution in [1.29, 1.82) is 0 Å². The Labute approximate surface area is 125 Å². The van der Waals surface area contributed by atoms with E-state index in [0.717, 1.165) is 25.3 Å². The minimum atomic E-state index is -1.02. The zero-order chi connectivity index (χ0) is 16.1. The maximum Gasteiger partial charge on any atom is 0.328 e. The number of rotatable bonds is 10. The van der Waals surface area contributed by atoms with Crippen LogP contribution in [0.2, 0.25) is 0 Å². The van der Waals surface area contributed by atoms with E-state index in [0.29, 0.717) is 6.42 Å². The van der Waals surface area contributed by atoms with Gasteiger partial charge in [0, 0.05) is 13.0 Å². The van der Waals surface area contributed by atoms with Gasteiger partial charge in [0.05, 0.1) is 12.2 Å². The van der Waals surface area contributed by atoms with Gasteiger partial charge in [-0.15, -0.1) is 0 Å². The van der Waals surface area contributed by atoms with Crippen LogP contribution in [0.5, 0.6) is 0 Å². The van der Waals surface area contributed by atoms with Crippen LogP contribution in [0.4, 0.5) is 0 Å². The highest BCUT2D eigenvalue weighted by Crippen LogP contribution is 2.06. The molecule has 0 aliphatic carbocycles. The Kier molecular flexibility index (Phi) is 10.8. The van der Waals surface area contributed by atoms with Gasteiger partial charge in [0.25, 0.3) is 0 Å². The van der Waals surface area contributed by atoms with Crippen LogP contribution in [-0.2, 0) is 14.3 Å². The van der Waals surface area contributed by atoms with Gasteiger partial charge in [0.2, 0.25) is 0 Å². The Hall–Kier alpha value is -1.88. The Balaban J connectivity index is 3.71. The molecule has 0 aromatic rings. The summed E-state index contributed by atoms with van der Waals surface area (Å²) >= 11 is 0. The average molecular weight is 296 g/mol. The molecule has 0 aromatic carbocycles. The van der Waals surface area contributed by atoms with Crippen molar-refractivity contribution >= 4 is 11.9 Å². The fourth-order valence-electron chi connectivity index (χ4n) is 1.63. The van der Waals surface area contributed by atoms with E-state index < -0.39 is 12.1 Å². The molecule has 0 spiro atoms. The van der Waals surface area contributed by atoms with Gasteiger partial charge in [0.15, 0.2) is 0 Å². The van der Waals surface area contributed by atoms with Crippen molar-refractivity contribution in [2.45, 2.75) is 51.7 Å². The highest BCUT2D eigenvalue weighted by atomic mass is 16.5. The van der Waals surface area contributed by atoms with E-state index in [9.17, 15) is 14.7 Å². The molecule has 0 aliphatic rings. The van der Waals surface area contributed by atoms with E-state index in [1.54, 1.807) is 0 Å². The molecule has 0 heterocycles. The third-order valence-electron chi connectivity index (χ3n) is 2.58. The molecule has 2 unspecified atom stereocenters. The van der Waals surface area contributed by atoms with Crippen LogP contribution in [0.25, 0.3) is 0 Å². The second kappa shape index (κ2) is 11.9. The first-order valence-corrected chi connectivity index (χ1v) is 7.00. The van der Waals surface area contributed by atoms with Crippen LogP contribution < -0.4 is 0 Å². The Morgan fingerprint density at radius 1 is 1.24 bits per heavy atom. The van der Waals surface area contributed by atoms with Gasteiger partial charge >= 0.3 is 11.9 Å². The van der Waals surface area contributed by atoms with E-state index in [2.05, 4.69) is 0 Å². The van der Waals surface area contributed by atoms with Gasteiger partial charge in [-0.2, -0.15) is 0 Å². The summed E-state index contributed by atoms with van der Waals surface area (Å²) in [6.07, 6.45) is 11.7. The maximum atomic E-state index is 10.7. The molecule has 0 saturated heterocycles. The Bertz CT molecular complexity index is 395. The summed E-state index contributed by atoms with van der Waals surface area (Å²) in [5.74, 6) is -1.28. The first-order valence-electron chi connectivity index (χ1n) is 7.00. The predicted octanol–water partition coefficient (Wildman–Crippen LogP) is 2.61. The number of aliphatic carboxylic acids is 1. The van der Waals surface area contributed by atoms with Gasteiger partial charge in [0.1, 0.15) is 0 Å². The molecule has 21 heavy (non-hydrogen) atoms. The highest BCUT2D eigenvalue weighted by Gasteiger charge is 2.03. The number of aliphatic hydroxyl groups excluding tert-OH is 1. The van der Waals surface area contributed by atoms with Crippen molar-refractivity contribution in [2.75, 3.05) is 0 Å². The van der Waals surface area contributed by atoms with E-state index in [-0.39, 0.29) is 12.1 Å². The van der Waals surface area contributed by atoms with E-state index in [4.69, 9.17) is 9.84 Å². The Morgan fingerprint density at radius 2 is 1.95 bits per heavy atom. The van der Waals surface area contributed by atoms with Gasteiger partial charge < -0.3 is 14.9 Å². The summed E-state index contributed by atoms with van der Waals surface area (Å²) in [4.78, 5) is 20.9. The molecule has 0 aliphatic heterocycles. The molecule has 118 valence electrons. The monoisotopic (exact) mass is 296 g/mol. The number of esters is 1. The van der Waals surface area contributed by atoms with Crippen LogP contribution in [0.3, 0.4) is 0 Å². The van der Waals surface area contributed by atoms with Crippen molar-refractivity contribution in [3.63, 3.8) is 0 Å². The normalized spacial score (nSPS) is 14.8. The fourth-order valence-corrected chi connectivity index (χ4v) is 1.63. The number of ether oxygens (including phenoxy) is 1. The molecule has 2 atom stereocenters. The first kappa shape index (κ1) is 19.1.